The molecule has 3 aromatic rings. The smallest absolute Gasteiger partial charge is 0.408 e. The zero-order chi connectivity index (χ0) is 13.6. The summed E-state index contributed by atoms with van der Waals surface area (Å²) >= 11 is 0. The number of fused-ring (bicyclic) bond motifs is 1. The van der Waals surface area contributed by atoms with Gasteiger partial charge in [-0.1, -0.05) is 6.07 Å². The normalized spacial score (nSPS) is 11.3. The Morgan fingerprint density at radius 1 is 1.37 bits per heavy atom. The molecule has 0 bridgehead atoms. The highest BCUT2D eigenvalue weighted by molar-refractivity contribution is 5.80. The van der Waals surface area contributed by atoms with Crippen molar-refractivity contribution in [2.45, 2.75) is 6.54 Å². The van der Waals surface area contributed by atoms with Crippen LogP contribution in [0.4, 0.5) is 0 Å². The van der Waals surface area contributed by atoms with Crippen LogP contribution in [0.1, 0.15) is 5.69 Å². The van der Waals surface area contributed by atoms with Crippen LogP contribution in [-0.2, 0) is 20.6 Å². The Labute approximate surface area is 109 Å². The Hall–Kier alpha value is -2.34. The van der Waals surface area contributed by atoms with Gasteiger partial charge in [-0.15, -0.1) is 0 Å². The maximum atomic E-state index is 11.5. The van der Waals surface area contributed by atoms with E-state index in [0.29, 0.717) is 12.1 Å². The first-order chi connectivity index (χ1) is 9.11. The van der Waals surface area contributed by atoms with Crippen LogP contribution in [0.3, 0.4) is 0 Å². The van der Waals surface area contributed by atoms with Crippen LogP contribution in [0.2, 0.25) is 0 Å². The van der Waals surface area contributed by atoms with Gasteiger partial charge in [-0.25, -0.2) is 9.78 Å². The zero-order valence-corrected chi connectivity index (χ0v) is 10.8. The van der Waals surface area contributed by atoms with Gasteiger partial charge in [-0.05, 0) is 12.1 Å². The lowest BCUT2D eigenvalue weighted by Crippen LogP contribution is -2.08. The van der Waals surface area contributed by atoms with Crippen LogP contribution in [0, 0.1) is 0 Å². The highest BCUT2D eigenvalue weighted by atomic mass is 16.4. The molecular formula is C13H14N4O2. The molecule has 98 valence electrons. The molecule has 6 heteroatoms. The molecule has 0 amide bonds. The minimum atomic E-state index is -0.368. The van der Waals surface area contributed by atoms with Gasteiger partial charge in [0.15, 0.2) is 5.58 Å². The third-order valence-corrected chi connectivity index (χ3v) is 3.32. The summed E-state index contributed by atoms with van der Waals surface area (Å²) in [6.45, 7) is 0.405. The van der Waals surface area contributed by atoms with Crippen molar-refractivity contribution in [2.75, 3.05) is 0 Å². The van der Waals surface area contributed by atoms with E-state index in [0.717, 1.165) is 22.5 Å². The number of hydrogen-bond donors (Lipinski definition) is 1. The highest BCUT2D eigenvalue weighted by Crippen LogP contribution is 2.25. The Morgan fingerprint density at radius 2 is 2.16 bits per heavy atom. The molecule has 0 aliphatic carbocycles. The average molecular weight is 258 g/mol. The summed E-state index contributed by atoms with van der Waals surface area (Å²) in [6, 6.07) is 5.58. The molecule has 0 saturated heterocycles. The Morgan fingerprint density at radius 3 is 2.89 bits per heavy atom. The van der Waals surface area contributed by atoms with Gasteiger partial charge in [0.25, 0.3) is 0 Å². The Balaban J connectivity index is 2.23. The number of rotatable bonds is 2. The quantitative estimate of drug-likeness (QED) is 0.743. The van der Waals surface area contributed by atoms with E-state index < -0.39 is 0 Å². The van der Waals surface area contributed by atoms with E-state index in [-0.39, 0.29) is 5.76 Å². The van der Waals surface area contributed by atoms with Crippen LogP contribution in [0.15, 0.2) is 33.7 Å². The largest absolute Gasteiger partial charge is 0.419 e. The molecule has 2 N–H and O–H groups in total. The number of imidazole rings is 1. The molecule has 0 aliphatic rings. The van der Waals surface area contributed by atoms with E-state index in [1.807, 2.05) is 29.8 Å². The lowest BCUT2D eigenvalue weighted by atomic mass is 10.1. The summed E-state index contributed by atoms with van der Waals surface area (Å²) in [6.07, 6.45) is 1.73. The maximum Gasteiger partial charge on any atom is 0.419 e. The van der Waals surface area contributed by atoms with E-state index in [1.165, 1.54) is 4.57 Å². The number of nitrogens with zero attached hydrogens (tertiary/aromatic N) is 3. The van der Waals surface area contributed by atoms with Gasteiger partial charge in [0, 0.05) is 26.2 Å². The van der Waals surface area contributed by atoms with Crippen LogP contribution in [0.25, 0.3) is 22.4 Å². The molecule has 2 heterocycles. The third kappa shape index (κ3) is 1.68. The van der Waals surface area contributed by atoms with Crippen molar-refractivity contribution in [3.63, 3.8) is 0 Å². The third-order valence-electron chi connectivity index (χ3n) is 3.32. The second-order valence-corrected chi connectivity index (χ2v) is 4.46. The van der Waals surface area contributed by atoms with E-state index in [2.05, 4.69) is 4.98 Å². The van der Waals surface area contributed by atoms with Gasteiger partial charge in [0.2, 0.25) is 0 Å². The number of aromatic nitrogens is 3. The van der Waals surface area contributed by atoms with Crippen LogP contribution in [0.5, 0.6) is 0 Å². The molecule has 2 aromatic heterocycles. The van der Waals surface area contributed by atoms with Crippen molar-refractivity contribution in [1.82, 2.24) is 14.1 Å². The van der Waals surface area contributed by atoms with Crippen molar-refractivity contribution in [2.24, 2.45) is 19.8 Å². The summed E-state index contributed by atoms with van der Waals surface area (Å²) < 4.78 is 8.55. The van der Waals surface area contributed by atoms with Gasteiger partial charge in [-0.2, -0.15) is 0 Å². The van der Waals surface area contributed by atoms with E-state index in [1.54, 1.807) is 13.4 Å². The monoisotopic (exact) mass is 258 g/mol. The van der Waals surface area contributed by atoms with E-state index in [9.17, 15) is 4.79 Å². The first-order valence-electron chi connectivity index (χ1n) is 5.92. The fourth-order valence-corrected chi connectivity index (χ4v) is 2.22. The lowest BCUT2D eigenvalue weighted by molar-refractivity contribution is 0.528. The predicted molar refractivity (Wildman–Crippen MR) is 71.5 cm³/mol. The minimum Gasteiger partial charge on any atom is -0.408 e. The molecule has 0 atom stereocenters. The second-order valence-electron chi connectivity index (χ2n) is 4.46. The number of benzene rings is 1. The van der Waals surface area contributed by atoms with Gasteiger partial charge in [0.1, 0.15) is 0 Å². The van der Waals surface area contributed by atoms with Gasteiger partial charge in [0.05, 0.1) is 23.2 Å². The first kappa shape index (κ1) is 11.7. The molecule has 0 unspecified atom stereocenters. The van der Waals surface area contributed by atoms with Crippen molar-refractivity contribution in [3.8, 4) is 11.3 Å². The summed E-state index contributed by atoms with van der Waals surface area (Å²) in [5.74, 6) is -0.368. The number of hydrogen-bond acceptors (Lipinski definition) is 4. The minimum absolute atomic E-state index is 0.368. The fraction of sp³-hybridized carbons (Fsp3) is 0.231. The molecular weight excluding hydrogens is 244 g/mol. The molecule has 0 saturated carbocycles. The first-order valence-corrected chi connectivity index (χ1v) is 5.92. The standard InChI is InChI=1S/C13H14N4O2/c1-16-7-15-12(10(16)6-14)8-3-4-9-11(5-8)19-13(18)17(9)2/h3-5,7H,6,14H2,1-2H3. The van der Waals surface area contributed by atoms with Crippen molar-refractivity contribution >= 4 is 11.1 Å². The molecule has 0 radical (unpaired) electrons. The zero-order valence-electron chi connectivity index (χ0n) is 10.8. The number of nitrogens with two attached hydrogens (primary N) is 1. The number of aryl methyl sites for hydroxylation is 2. The fourth-order valence-electron chi connectivity index (χ4n) is 2.22. The average Bonchev–Trinajstić information content (AvgIpc) is 2.90. The van der Waals surface area contributed by atoms with Gasteiger partial charge < -0.3 is 14.7 Å². The van der Waals surface area contributed by atoms with Crippen LogP contribution in [-0.4, -0.2) is 14.1 Å². The molecule has 0 fully saturated rings. The maximum absolute atomic E-state index is 11.5. The second kappa shape index (κ2) is 4.10. The lowest BCUT2D eigenvalue weighted by Gasteiger charge is -2.03. The Bertz CT molecular complexity index is 810. The molecule has 6 nitrogen and oxygen atoms in total. The van der Waals surface area contributed by atoms with Crippen molar-refractivity contribution in [3.05, 3.63) is 40.8 Å². The molecule has 0 spiro atoms. The van der Waals surface area contributed by atoms with Crippen molar-refractivity contribution < 1.29 is 4.42 Å². The van der Waals surface area contributed by atoms with Gasteiger partial charge >= 0.3 is 5.76 Å². The van der Waals surface area contributed by atoms with Crippen LogP contribution < -0.4 is 11.5 Å². The van der Waals surface area contributed by atoms with Crippen molar-refractivity contribution in [1.29, 1.82) is 0 Å². The van der Waals surface area contributed by atoms with Gasteiger partial charge in [-0.3, -0.25) is 4.57 Å². The highest BCUT2D eigenvalue weighted by Gasteiger charge is 2.12. The summed E-state index contributed by atoms with van der Waals surface area (Å²) in [4.78, 5) is 15.8. The molecule has 3 rings (SSSR count). The summed E-state index contributed by atoms with van der Waals surface area (Å²) in [5, 5.41) is 0. The summed E-state index contributed by atoms with van der Waals surface area (Å²) in [7, 11) is 3.58. The Kier molecular flexibility index (Phi) is 2.53. The molecule has 19 heavy (non-hydrogen) atoms. The summed E-state index contributed by atoms with van der Waals surface area (Å²) in [5.41, 5.74) is 9.70. The molecule has 1 aromatic carbocycles. The topological polar surface area (TPSA) is 79.0 Å². The predicted octanol–water partition coefficient (Wildman–Crippen LogP) is 0.991. The van der Waals surface area contributed by atoms with E-state index in [4.69, 9.17) is 10.2 Å². The van der Waals surface area contributed by atoms with Crippen LogP contribution >= 0.6 is 0 Å². The van der Waals surface area contributed by atoms with E-state index >= 15 is 0 Å². The molecule has 0 aliphatic heterocycles. The SMILES string of the molecule is Cn1cnc(-c2ccc3c(c2)oc(=O)n3C)c1CN. The number of oxazole rings is 1.